The van der Waals surface area contributed by atoms with Crippen molar-refractivity contribution >= 4 is 11.6 Å². The second kappa shape index (κ2) is 5.14. The predicted octanol–water partition coefficient (Wildman–Crippen LogP) is 0.157. The molecule has 0 aromatic carbocycles. The number of nitrogens with zero attached hydrogens (tertiary/aromatic N) is 2. The lowest BCUT2D eigenvalue weighted by Gasteiger charge is -2.43. The Morgan fingerprint density at radius 2 is 2.42 bits per heavy atom. The van der Waals surface area contributed by atoms with Crippen molar-refractivity contribution in [2.45, 2.75) is 25.6 Å². The van der Waals surface area contributed by atoms with Crippen LogP contribution in [-0.2, 0) is 4.74 Å². The lowest BCUT2D eigenvalue weighted by atomic mass is 10.0. The molecule has 0 bridgehead atoms. The Bertz CT molecular complexity index is 476. The number of amides is 1. The van der Waals surface area contributed by atoms with Gasteiger partial charge in [-0.05, 0) is 26.0 Å². The van der Waals surface area contributed by atoms with Gasteiger partial charge in [-0.2, -0.15) is 0 Å². The summed E-state index contributed by atoms with van der Waals surface area (Å²) in [6, 6.07) is 3.49. The van der Waals surface area contributed by atoms with Crippen LogP contribution in [0.1, 0.15) is 24.3 Å². The van der Waals surface area contributed by atoms with Crippen molar-refractivity contribution in [3.05, 3.63) is 24.0 Å². The van der Waals surface area contributed by atoms with Crippen molar-refractivity contribution in [3.63, 3.8) is 0 Å². The SMILES string of the molecule is CC1(C)CN(c2ccnc(C(N)=O)c2)CC(CO)O1. The van der Waals surface area contributed by atoms with E-state index in [1.807, 2.05) is 19.9 Å². The number of carbonyl (C=O) groups is 1. The number of aliphatic hydroxyl groups is 1. The van der Waals surface area contributed by atoms with Crippen molar-refractivity contribution in [2.75, 3.05) is 24.6 Å². The molecule has 3 N–H and O–H groups in total. The molecule has 1 aliphatic rings. The van der Waals surface area contributed by atoms with E-state index in [1.54, 1.807) is 12.3 Å². The molecular weight excluding hydrogens is 246 g/mol. The number of rotatable bonds is 3. The summed E-state index contributed by atoms with van der Waals surface area (Å²) in [5, 5.41) is 9.29. The molecule has 104 valence electrons. The largest absolute Gasteiger partial charge is 0.394 e. The van der Waals surface area contributed by atoms with Gasteiger partial charge in [-0.15, -0.1) is 0 Å². The number of primary amides is 1. The minimum absolute atomic E-state index is 0.0340. The Kier molecular flexibility index (Phi) is 3.73. The highest BCUT2D eigenvalue weighted by atomic mass is 16.5. The van der Waals surface area contributed by atoms with Gasteiger partial charge in [-0.1, -0.05) is 0 Å². The molecule has 0 saturated carbocycles. The number of hydrogen-bond donors (Lipinski definition) is 2. The molecule has 1 aromatic heterocycles. The standard InChI is InChI=1S/C13H19N3O3/c1-13(2)8-16(6-10(7-17)19-13)9-3-4-15-11(5-9)12(14)18/h3-5,10,17H,6-8H2,1-2H3,(H2,14,18). The molecule has 2 rings (SSSR count). The second-order valence-electron chi connectivity index (χ2n) is 5.33. The molecule has 1 atom stereocenters. The minimum Gasteiger partial charge on any atom is -0.394 e. The number of aromatic nitrogens is 1. The normalized spacial score (nSPS) is 22.3. The van der Waals surface area contributed by atoms with Crippen molar-refractivity contribution in [3.8, 4) is 0 Å². The summed E-state index contributed by atoms with van der Waals surface area (Å²) in [6.07, 6.45) is 1.32. The quantitative estimate of drug-likeness (QED) is 0.812. The van der Waals surface area contributed by atoms with Crippen LogP contribution in [0.25, 0.3) is 0 Å². The van der Waals surface area contributed by atoms with Crippen LogP contribution in [0.5, 0.6) is 0 Å². The Hall–Kier alpha value is -1.66. The molecule has 1 aliphatic heterocycles. The van der Waals surface area contributed by atoms with Crippen molar-refractivity contribution < 1.29 is 14.6 Å². The molecule has 6 nitrogen and oxygen atoms in total. The Morgan fingerprint density at radius 3 is 3.05 bits per heavy atom. The van der Waals surface area contributed by atoms with Gasteiger partial charge in [-0.25, -0.2) is 0 Å². The third-order valence-corrected chi connectivity index (χ3v) is 3.05. The van der Waals surface area contributed by atoms with Crippen molar-refractivity contribution in [1.29, 1.82) is 0 Å². The molecule has 6 heteroatoms. The second-order valence-corrected chi connectivity index (χ2v) is 5.33. The van der Waals surface area contributed by atoms with E-state index < -0.39 is 5.91 Å². The number of aliphatic hydroxyl groups excluding tert-OH is 1. The zero-order chi connectivity index (χ0) is 14.0. The molecule has 2 heterocycles. The van der Waals surface area contributed by atoms with Crippen LogP contribution in [0.4, 0.5) is 5.69 Å². The van der Waals surface area contributed by atoms with E-state index in [0.29, 0.717) is 13.1 Å². The summed E-state index contributed by atoms with van der Waals surface area (Å²) in [7, 11) is 0. The van der Waals surface area contributed by atoms with Crippen LogP contribution in [0.3, 0.4) is 0 Å². The van der Waals surface area contributed by atoms with E-state index in [4.69, 9.17) is 10.5 Å². The molecule has 1 fully saturated rings. The number of pyridine rings is 1. The maximum Gasteiger partial charge on any atom is 0.267 e. The van der Waals surface area contributed by atoms with Crippen LogP contribution in [-0.4, -0.2) is 47.4 Å². The fourth-order valence-electron chi connectivity index (χ4n) is 2.34. The molecular formula is C13H19N3O3. The smallest absolute Gasteiger partial charge is 0.267 e. The van der Waals surface area contributed by atoms with Crippen LogP contribution in [0, 0.1) is 0 Å². The number of morpholine rings is 1. The van der Waals surface area contributed by atoms with E-state index >= 15 is 0 Å². The predicted molar refractivity (Wildman–Crippen MR) is 71.0 cm³/mol. The van der Waals surface area contributed by atoms with E-state index in [0.717, 1.165) is 5.69 Å². The number of hydrogen-bond acceptors (Lipinski definition) is 5. The number of ether oxygens (including phenoxy) is 1. The summed E-state index contributed by atoms with van der Waals surface area (Å²) >= 11 is 0. The molecule has 19 heavy (non-hydrogen) atoms. The highest BCUT2D eigenvalue weighted by Gasteiger charge is 2.33. The maximum absolute atomic E-state index is 11.2. The Morgan fingerprint density at radius 1 is 1.68 bits per heavy atom. The average Bonchev–Trinajstić information content (AvgIpc) is 2.37. The molecule has 1 saturated heterocycles. The zero-order valence-corrected chi connectivity index (χ0v) is 11.2. The first kappa shape index (κ1) is 13.8. The monoisotopic (exact) mass is 265 g/mol. The molecule has 0 spiro atoms. The Labute approximate surface area is 112 Å². The topological polar surface area (TPSA) is 88.7 Å². The first-order valence-electron chi connectivity index (χ1n) is 6.21. The number of nitrogens with two attached hydrogens (primary N) is 1. The van der Waals surface area contributed by atoms with Gasteiger partial charge in [0.1, 0.15) is 5.69 Å². The van der Waals surface area contributed by atoms with Crippen LogP contribution < -0.4 is 10.6 Å². The third kappa shape index (κ3) is 3.21. The lowest BCUT2D eigenvalue weighted by molar-refractivity contribution is -0.101. The van der Waals surface area contributed by atoms with Gasteiger partial charge in [0.25, 0.3) is 5.91 Å². The van der Waals surface area contributed by atoms with E-state index in [9.17, 15) is 9.90 Å². The lowest BCUT2D eigenvalue weighted by Crippen LogP contribution is -2.54. The van der Waals surface area contributed by atoms with Crippen LogP contribution in [0.15, 0.2) is 18.3 Å². The fourth-order valence-corrected chi connectivity index (χ4v) is 2.34. The first-order chi connectivity index (χ1) is 8.91. The number of carbonyl (C=O) groups excluding carboxylic acids is 1. The molecule has 1 amide bonds. The zero-order valence-electron chi connectivity index (χ0n) is 11.2. The van der Waals surface area contributed by atoms with Gasteiger partial charge in [0, 0.05) is 25.0 Å². The summed E-state index contributed by atoms with van der Waals surface area (Å²) in [5.41, 5.74) is 5.97. The minimum atomic E-state index is -0.548. The first-order valence-corrected chi connectivity index (χ1v) is 6.21. The summed E-state index contributed by atoms with van der Waals surface area (Å²) in [5.74, 6) is -0.548. The fraction of sp³-hybridized carbons (Fsp3) is 0.538. The van der Waals surface area contributed by atoms with Gasteiger partial charge >= 0.3 is 0 Å². The number of anilines is 1. The molecule has 1 aromatic rings. The molecule has 0 radical (unpaired) electrons. The van der Waals surface area contributed by atoms with E-state index in [2.05, 4.69) is 9.88 Å². The molecule has 1 unspecified atom stereocenters. The van der Waals surface area contributed by atoms with Gasteiger partial charge in [-0.3, -0.25) is 9.78 Å². The van der Waals surface area contributed by atoms with Gasteiger partial charge in [0.05, 0.1) is 18.3 Å². The maximum atomic E-state index is 11.2. The highest BCUT2D eigenvalue weighted by Crippen LogP contribution is 2.26. The van der Waals surface area contributed by atoms with Crippen LogP contribution >= 0.6 is 0 Å². The van der Waals surface area contributed by atoms with E-state index in [1.165, 1.54) is 0 Å². The summed E-state index contributed by atoms with van der Waals surface area (Å²) < 4.78 is 5.75. The van der Waals surface area contributed by atoms with Gasteiger partial charge in [0.15, 0.2) is 0 Å². The van der Waals surface area contributed by atoms with Gasteiger partial charge < -0.3 is 20.5 Å². The summed E-state index contributed by atoms with van der Waals surface area (Å²) in [4.78, 5) is 17.2. The van der Waals surface area contributed by atoms with E-state index in [-0.39, 0.29) is 24.0 Å². The highest BCUT2D eigenvalue weighted by molar-refractivity contribution is 5.91. The average molecular weight is 265 g/mol. The van der Waals surface area contributed by atoms with Crippen LogP contribution in [0.2, 0.25) is 0 Å². The summed E-state index contributed by atoms with van der Waals surface area (Å²) in [6.45, 7) is 5.15. The Balaban J connectivity index is 2.25. The van der Waals surface area contributed by atoms with Crippen molar-refractivity contribution in [1.82, 2.24) is 4.98 Å². The van der Waals surface area contributed by atoms with Gasteiger partial charge in [0.2, 0.25) is 0 Å². The third-order valence-electron chi connectivity index (χ3n) is 3.05. The van der Waals surface area contributed by atoms with Crippen molar-refractivity contribution in [2.24, 2.45) is 5.73 Å². The molecule has 0 aliphatic carbocycles.